The molecule has 2 aromatic heterocycles. The van der Waals surface area contributed by atoms with E-state index in [0.29, 0.717) is 23.3 Å². The molecule has 0 amide bonds. The minimum Gasteiger partial charge on any atom is -0.479 e. The van der Waals surface area contributed by atoms with Crippen molar-refractivity contribution in [1.29, 1.82) is 0 Å². The first-order valence-corrected chi connectivity index (χ1v) is 6.46. The third-order valence-electron chi connectivity index (χ3n) is 3.31. The van der Waals surface area contributed by atoms with Crippen LogP contribution in [0.1, 0.15) is 31.5 Å². The zero-order chi connectivity index (χ0) is 12.9. The summed E-state index contributed by atoms with van der Waals surface area (Å²) < 4.78 is 7.60. The molecule has 2 aromatic rings. The number of halogens is 1. The molecule has 18 heavy (non-hydrogen) atoms. The third kappa shape index (κ3) is 1.69. The number of hydrogen-bond acceptors (Lipinski definition) is 5. The predicted octanol–water partition coefficient (Wildman–Crippen LogP) is 1.52. The van der Waals surface area contributed by atoms with Crippen molar-refractivity contribution in [3.63, 3.8) is 0 Å². The fourth-order valence-corrected chi connectivity index (χ4v) is 3.01. The van der Waals surface area contributed by atoms with Crippen LogP contribution in [0.2, 0.25) is 0 Å². The van der Waals surface area contributed by atoms with Gasteiger partial charge in [0.1, 0.15) is 16.8 Å². The molecular weight excluding hydrogens is 300 g/mol. The van der Waals surface area contributed by atoms with E-state index < -0.39 is 5.60 Å². The molecule has 0 saturated heterocycles. The molecule has 6 nitrogen and oxygen atoms in total. The second-order valence-corrected chi connectivity index (χ2v) is 5.64. The lowest BCUT2D eigenvalue weighted by atomic mass is 9.72. The molecule has 96 valence electrons. The lowest BCUT2D eigenvalue weighted by Gasteiger charge is -2.39. The van der Waals surface area contributed by atoms with Crippen molar-refractivity contribution in [2.45, 2.75) is 31.3 Å². The van der Waals surface area contributed by atoms with E-state index in [2.05, 4.69) is 31.0 Å². The molecule has 1 saturated carbocycles. The smallest absolute Gasteiger partial charge is 0.244 e. The second-order valence-electron chi connectivity index (χ2n) is 4.89. The standard InChI is InChI=1S/C11H13BrN4O2/c1-11(17)3-6(4-11)9-15-8(12)7-10(18-2)13-5-14-16(7)9/h5-6,17H,3-4H2,1-2H3. The topological polar surface area (TPSA) is 72.5 Å². The summed E-state index contributed by atoms with van der Waals surface area (Å²) in [5, 5.41) is 14.0. The van der Waals surface area contributed by atoms with Gasteiger partial charge >= 0.3 is 0 Å². The Bertz CT molecular complexity index is 602. The minimum absolute atomic E-state index is 0.221. The lowest BCUT2D eigenvalue weighted by Crippen LogP contribution is -2.40. The van der Waals surface area contributed by atoms with E-state index in [1.165, 1.54) is 6.33 Å². The number of aromatic nitrogens is 4. The molecule has 0 aliphatic heterocycles. The molecular formula is C11H13BrN4O2. The van der Waals surface area contributed by atoms with Crippen molar-refractivity contribution in [1.82, 2.24) is 19.6 Å². The molecule has 0 radical (unpaired) electrons. The van der Waals surface area contributed by atoms with Crippen molar-refractivity contribution in [2.75, 3.05) is 7.11 Å². The quantitative estimate of drug-likeness (QED) is 0.910. The lowest BCUT2D eigenvalue weighted by molar-refractivity contribution is -0.0337. The summed E-state index contributed by atoms with van der Waals surface area (Å²) in [5.41, 5.74) is 0.140. The van der Waals surface area contributed by atoms with Crippen LogP contribution in [0.4, 0.5) is 0 Å². The highest BCUT2D eigenvalue weighted by molar-refractivity contribution is 9.10. The Labute approximate surface area is 112 Å². The van der Waals surface area contributed by atoms with Crippen LogP contribution >= 0.6 is 15.9 Å². The molecule has 1 N–H and O–H groups in total. The van der Waals surface area contributed by atoms with Crippen LogP contribution in [0.5, 0.6) is 5.88 Å². The summed E-state index contributed by atoms with van der Waals surface area (Å²) in [6.45, 7) is 1.84. The second kappa shape index (κ2) is 3.89. The molecule has 3 rings (SSSR count). The number of methoxy groups -OCH3 is 1. The molecule has 1 aliphatic carbocycles. The van der Waals surface area contributed by atoms with E-state index in [9.17, 15) is 5.11 Å². The maximum atomic E-state index is 9.82. The summed E-state index contributed by atoms with van der Waals surface area (Å²) in [4.78, 5) is 8.53. The molecule has 0 unspecified atom stereocenters. The molecule has 0 spiro atoms. The number of fused-ring (bicyclic) bond motifs is 1. The average Bonchev–Trinajstić information content (AvgIpc) is 2.64. The minimum atomic E-state index is -0.583. The SMILES string of the molecule is COc1ncnn2c(C3CC(C)(O)C3)nc(Br)c12. The predicted molar refractivity (Wildman–Crippen MR) is 67.6 cm³/mol. The number of hydrogen-bond donors (Lipinski definition) is 1. The van der Waals surface area contributed by atoms with Crippen LogP contribution < -0.4 is 4.74 Å². The van der Waals surface area contributed by atoms with Crippen molar-refractivity contribution in [3.8, 4) is 5.88 Å². The molecule has 1 aliphatic rings. The van der Waals surface area contributed by atoms with Gasteiger partial charge in [0, 0.05) is 5.92 Å². The molecule has 7 heteroatoms. The van der Waals surface area contributed by atoms with Crippen LogP contribution in [0.25, 0.3) is 5.52 Å². The van der Waals surface area contributed by atoms with Gasteiger partial charge in [0.2, 0.25) is 5.88 Å². The third-order valence-corrected chi connectivity index (χ3v) is 3.87. The number of ether oxygens (including phenoxy) is 1. The Kier molecular flexibility index (Phi) is 2.56. The Morgan fingerprint density at radius 2 is 2.28 bits per heavy atom. The number of nitrogens with zero attached hydrogens (tertiary/aromatic N) is 4. The summed E-state index contributed by atoms with van der Waals surface area (Å²) >= 11 is 3.41. The van der Waals surface area contributed by atoms with Gasteiger partial charge in [-0.05, 0) is 35.7 Å². The van der Waals surface area contributed by atoms with Crippen molar-refractivity contribution < 1.29 is 9.84 Å². The molecule has 0 atom stereocenters. The van der Waals surface area contributed by atoms with Gasteiger partial charge in [-0.25, -0.2) is 9.50 Å². The molecule has 1 fully saturated rings. The Hall–Kier alpha value is -1.21. The Morgan fingerprint density at radius 3 is 2.89 bits per heavy atom. The van der Waals surface area contributed by atoms with Crippen LogP contribution in [0, 0.1) is 0 Å². The maximum Gasteiger partial charge on any atom is 0.244 e. The largest absolute Gasteiger partial charge is 0.479 e. The van der Waals surface area contributed by atoms with Gasteiger partial charge in [0.15, 0.2) is 5.52 Å². The number of imidazole rings is 1. The van der Waals surface area contributed by atoms with E-state index in [0.717, 1.165) is 11.3 Å². The van der Waals surface area contributed by atoms with Gasteiger partial charge in [-0.3, -0.25) is 0 Å². The molecule has 0 bridgehead atoms. The summed E-state index contributed by atoms with van der Waals surface area (Å²) in [7, 11) is 1.57. The summed E-state index contributed by atoms with van der Waals surface area (Å²) in [6, 6.07) is 0. The number of aliphatic hydroxyl groups is 1. The van der Waals surface area contributed by atoms with Crippen LogP contribution in [-0.2, 0) is 0 Å². The van der Waals surface area contributed by atoms with Gasteiger partial charge in [-0.2, -0.15) is 10.1 Å². The van der Waals surface area contributed by atoms with Crippen LogP contribution in [0.3, 0.4) is 0 Å². The van der Waals surface area contributed by atoms with Gasteiger partial charge in [-0.1, -0.05) is 0 Å². The first-order chi connectivity index (χ1) is 8.52. The normalized spacial score (nSPS) is 27.2. The Balaban J connectivity index is 2.09. The fourth-order valence-electron chi connectivity index (χ4n) is 2.49. The van der Waals surface area contributed by atoms with E-state index >= 15 is 0 Å². The number of rotatable bonds is 2. The summed E-state index contributed by atoms with van der Waals surface area (Å²) in [6.07, 6.45) is 2.84. The van der Waals surface area contributed by atoms with Gasteiger partial charge in [0.05, 0.1) is 12.7 Å². The van der Waals surface area contributed by atoms with Gasteiger partial charge in [-0.15, -0.1) is 0 Å². The van der Waals surface area contributed by atoms with Gasteiger partial charge < -0.3 is 9.84 Å². The summed E-state index contributed by atoms with van der Waals surface area (Å²) in [5.74, 6) is 1.55. The zero-order valence-electron chi connectivity index (χ0n) is 10.1. The van der Waals surface area contributed by atoms with E-state index in [1.54, 1.807) is 11.6 Å². The zero-order valence-corrected chi connectivity index (χ0v) is 11.7. The molecule has 2 heterocycles. The van der Waals surface area contributed by atoms with Crippen LogP contribution in [0.15, 0.2) is 10.9 Å². The monoisotopic (exact) mass is 312 g/mol. The Morgan fingerprint density at radius 1 is 1.56 bits per heavy atom. The van der Waals surface area contributed by atoms with E-state index in [1.807, 2.05) is 6.92 Å². The molecule has 0 aromatic carbocycles. The van der Waals surface area contributed by atoms with E-state index in [-0.39, 0.29) is 5.92 Å². The highest BCUT2D eigenvalue weighted by atomic mass is 79.9. The first kappa shape index (κ1) is 11.9. The first-order valence-electron chi connectivity index (χ1n) is 5.67. The van der Waals surface area contributed by atoms with Crippen molar-refractivity contribution in [2.24, 2.45) is 0 Å². The average molecular weight is 313 g/mol. The van der Waals surface area contributed by atoms with Gasteiger partial charge in [0.25, 0.3) is 0 Å². The maximum absolute atomic E-state index is 9.82. The van der Waals surface area contributed by atoms with Crippen molar-refractivity contribution in [3.05, 3.63) is 16.8 Å². The van der Waals surface area contributed by atoms with E-state index in [4.69, 9.17) is 4.74 Å². The van der Waals surface area contributed by atoms with Crippen molar-refractivity contribution >= 4 is 21.4 Å². The van der Waals surface area contributed by atoms with Crippen LogP contribution in [-0.4, -0.2) is 37.4 Å². The highest BCUT2D eigenvalue weighted by Gasteiger charge is 2.42. The highest BCUT2D eigenvalue weighted by Crippen LogP contribution is 2.44. The fraction of sp³-hybridized carbons (Fsp3) is 0.545.